The largest absolute Gasteiger partial charge is 0.236 e. The average Bonchev–Trinajstić information content (AvgIpc) is 3.08. The van der Waals surface area contributed by atoms with Crippen LogP contribution < -0.4 is 0 Å². The van der Waals surface area contributed by atoms with Crippen molar-refractivity contribution >= 4 is 60.2 Å². The summed E-state index contributed by atoms with van der Waals surface area (Å²) in [4.78, 5) is 4.09. The molecule has 0 radical (unpaired) electrons. The van der Waals surface area contributed by atoms with Gasteiger partial charge < -0.3 is 0 Å². The standard InChI is InChI=1S/C9H6BrN5O2S4/c1-21(16,17)7-4-11-9(19-7)20-8-12-13-14-15(8)6-3-2-5(10)18-6/h2-4H,1H3. The number of hydrogen-bond donors (Lipinski definition) is 0. The lowest BCUT2D eigenvalue weighted by Crippen LogP contribution is -1.95. The first-order valence-corrected chi connectivity index (χ1v) is 10.4. The number of tetrazole rings is 1. The summed E-state index contributed by atoms with van der Waals surface area (Å²) in [5.41, 5.74) is 0. The zero-order chi connectivity index (χ0) is 15.0. The zero-order valence-corrected chi connectivity index (χ0v) is 15.1. The van der Waals surface area contributed by atoms with Crippen molar-refractivity contribution in [3.63, 3.8) is 0 Å². The monoisotopic (exact) mass is 423 g/mol. The molecule has 0 saturated heterocycles. The molecule has 0 saturated carbocycles. The van der Waals surface area contributed by atoms with Gasteiger partial charge in [-0.1, -0.05) is 11.3 Å². The molecule has 0 aliphatic carbocycles. The van der Waals surface area contributed by atoms with Crippen molar-refractivity contribution in [2.24, 2.45) is 0 Å². The molecule has 0 unspecified atom stereocenters. The smallest absolute Gasteiger partial charge is 0.221 e. The minimum atomic E-state index is -3.24. The van der Waals surface area contributed by atoms with E-state index >= 15 is 0 Å². The molecule has 3 aromatic heterocycles. The fraction of sp³-hybridized carbons (Fsp3) is 0.111. The minimum Gasteiger partial charge on any atom is -0.236 e. The van der Waals surface area contributed by atoms with Gasteiger partial charge in [-0.2, -0.15) is 4.68 Å². The number of hydrogen-bond acceptors (Lipinski definition) is 9. The molecule has 0 spiro atoms. The Balaban J connectivity index is 1.90. The number of rotatable bonds is 4. The lowest BCUT2D eigenvalue weighted by atomic mass is 10.6. The molecule has 12 heteroatoms. The van der Waals surface area contributed by atoms with E-state index in [1.807, 2.05) is 12.1 Å². The number of thiophene rings is 1. The second-order valence-electron chi connectivity index (χ2n) is 3.77. The van der Waals surface area contributed by atoms with Gasteiger partial charge in [-0.15, -0.1) is 16.4 Å². The number of nitrogens with zero attached hydrogens (tertiary/aromatic N) is 5. The molecule has 0 aliphatic rings. The second kappa shape index (κ2) is 5.76. The number of aromatic nitrogens is 5. The predicted molar refractivity (Wildman–Crippen MR) is 84.1 cm³/mol. The first-order valence-electron chi connectivity index (χ1n) is 5.31. The van der Waals surface area contributed by atoms with Gasteiger partial charge >= 0.3 is 0 Å². The van der Waals surface area contributed by atoms with E-state index in [1.165, 1.54) is 29.3 Å². The van der Waals surface area contributed by atoms with Crippen LogP contribution >= 0.6 is 50.4 Å². The van der Waals surface area contributed by atoms with Crippen molar-refractivity contribution in [1.82, 2.24) is 25.2 Å². The third-order valence-electron chi connectivity index (χ3n) is 2.22. The Labute approximate surface area is 140 Å². The predicted octanol–water partition coefficient (Wildman–Crippen LogP) is 2.50. The van der Waals surface area contributed by atoms with E-state index in [-0.39, 0.29) is 4.21 Å². The zero-order valence-electron chi connectivity index (χ0n) is 10.3. The topological polar surface area (TPSA) is 90.6 Å². The van der Waals surface area contributed by atoms with E-state index in [0.717, 1.165) is 26.4 Å². The van der Waals surface area contributed by atoms with Gasteiger partial charge in [-0.25, -0.2) is 13.4 Å². The van der Waals surface area contributed by atoms with Crippen LogP contribution in [0.5, 0.6) is 0 Å². The molecule has 3 rings (SSSR count). The molecule has 0 atom stereocenters. The third kappa shape index (κ3) is 3.34. The average molecular weight is 424 g/mol. The Morgan fingerprint density at radius 3 is 2.76 bits per heavy atom. The SMILES string of the molecule is CS(=O)(=O)c1cnc(Sc2nnnn2-c2ccc(Br)s2)s1. The molecule has 0 bridgehead atoms. The van der Waals surface area contributed by atoms with Crippen molar-refractivity contribution in [3.05, 3.63) is 22.1 Å². The first kappa shape index (κ1) is 15.1. The summed E-state index contributed by atoms with van der Waals surface area (Å²) in [7, 11) is -3.24. The number of sulfone groups is 1. The molecule has 0 N–H and O–H groups in total. The van der Waals surface area contributed by atoms with Crippen LogP contribution in [0.15, 0.2) is 35.8 Å². The van der Waals surface area contributed by atoms with Gasteiger partial charge in [0.2, 0.25) is 5.16 Å². The van der Waals surface area contributed by atoms with Crippen molar-refractivity contribution in [3.8, 4) is 5.00 Å². The van der Waals surface area contributed by atoms with Crippen LogP contribution in [0.4, 0.5) is 0 Å². The molecular weight excluding hydrogens is 418 g/mol. The van der Waals surface area contributed by atoms with Gasteiger partial charge in [0.25, 0.3) is 0 Å². The van der Waals surface area contributed by atoms with Crippen LogP contribution in [0.3, 0.4) is 0 Å². The van der Waals surface area contributed by atoms with Gasteiger partial charge in [0.15, 0.2) is 14.2 Å². The van der Waals surface area contributed by atoms with Crippen LogP contribution in [0.2, 0.25) is 0 Å². The number of halogens is 1. The summed E-state index contributed by atoms with van der Waals surface area (Å²) in [6, 6.07) is 3.79. The minimum absolute atomic E-state index is 0.225. The van der Waals surface area contributed by atoms with E-state index in [1.54, 1.807) is 4.68 Å². The Morgan fingerprint density at radius 1 is 1.33 bits per heavy atom. The fourth-order valence-corrected chi connectivity index (χ4v) is 5.56. The molecule has 0 aliphatic heterocycles. The lowest BCUT2D eigenvalue weighted by molar-refractivity contribution is 0.603. The normalized spacial score (nSPS) is 11.9. The van der Waals surface area contributed by atoms with Crippen LogP contribution in [0.25, 0.3) is 5.00 Å². The second-order valence-corrected chi connectivity index (χ2v) is 10.7. The van der Waals surface area contributed by atoms with Crippen LogP contribution in [0.1, 0.15) is 0 Å². The Hall–Kier alpha value is -0.820. The highest BCUT2D eigenvalue weighted by atomic mass is 79.9. The molecule has 3 heterocycles. The van der Waals surface area contributed by atoms with E-state index < -0.39 is 9.84 Å². The quantitative estimate of drug-likeness (QED) is 0.636. The van der Waals surface area contributed by atoms with E-state index in [4.69, 9.17) is 0 Å². The maximum atomic E-state index is 11.5. The summed E-state index contributed by atoms with van der Waals surface area (Å²) in [5, 5.41) is 12.9. The molecule has 7 nitrogen and oxygen atoms in total. The molecule has 3 aromatic rings. The van der Waals surface area contributed by atoms with Gasteiger partial charge in [0, 0.05) is 6.26 Å². The highest BCUT2D eigenvalue weighted by Crippen LogP contribution is 2.33. The molecular formula is C9H6BrN5O2S4. The molecule has 0 amide bonds. The van der Waals surface area contributed by atoms with Gasteiger partial charge in [0.05, 0.1) is 9.98 Å². The van der Waals surface area contributed by atoms with Crippen molar-refractivity contribution in [2.45, 2.75) is 13.7 Å². The number of thiazole rings is 1. The van der Waals surface area contributed by atoms with E-state index in [2.05, 4.69) is 36.4 Å². The van der Waals surface area contributed by atoms with Crippen molar-refractivity contribution in [1.29, 1.82) is 0 Å². The van der Waals surface area contributed by atoms with Crippen LogP contribution in [-0.4, -0.2) is 39.9 Å². The van der Waals surface area contributed by atoms with Crippen molar-refractivity contribution < 1.29 is 8.42 Å². The summed E-state index contributed by atoms with van der Waals surface area (Å²) < 4.78 is 26.3. The first-order chi connectivity index (χ1) is 9.93. The maximum absolute atomic E-state index is 11.5. The molecule has 21 heavy (non-hydrogen) atoms. The molecule has 110 valence electrons. The van der Waals surface area contributed by atoms with Gasteiger partial charge in [-0.3, -0.25) is 0 Å². The van der Waals surface area contributed by atoms with E-state index in [0.29, 0.717) is 9.50 Å². The Kier molecular flexibility index (Phi) is 4.14. The Morgan fingerprint density at radius 2 is 2.14 bits per heavy atom. The highest BCUT2D eigenvalue weighted by Gasteiger charge is 2.17. The maximum Gasteiger partial charge on any atom is 0.221 e. The van der Waals surface area contributed by atoms with Crippen LogP contribution in [-0.2, 0) is 9.84 Å². The lowest BCUT2D eigenvalue weighted by Gasteiger charge is -1.98. The summed E-state index contributed by atoms with van der Waals surface area (Å²) >= 11 is 7.20. The van der Waals surface area contributed by atoms with Crippen molar-refractivity contribution in [2.75, 3.05) is 6.26 Å². The van der Waals surface area contributed by atoms with Crippen LogP contribution in [0, 0.1) is 0 Å². The molecule has 0 aromatic carbocycles. The van der Waals surface area contributed by atoms with Gasteiger partial charge in [0.1, 0.15) is 9.21 Å². The molecule has 0 fully saturated rings. The summed E-state index contributed by atoms with van der Waals surface area (Å²) in [6.07, 6.45) is 2.50. The van der Waals surface area contributed by atoms with E-state index in [9.17, 15) is 8.42 Å². The summed E-state index contributed by atoms with van der Waals surface area (Å²) in [6.45, 7) is 0. The fourth-order valence-electron chi connectivity index (χ4n) is 1.34. The third-order valence-corrected chi connectivity index (χ3v) is 7.61. The summed E-state index contributed by atoms with van der Waals surface area (Å²) in [5.74, 6) is 0. The van der Waals surface area contributed by atoms with Gasteiger partial charge in [-0.05, 0) is 50.3 Å². The highest BCUT2D eigenvalue weighted by molar-refractivity contribution is 9.11. The Bertz CT molecular complexity index is 883.